The fourth-order valence-corrected chi connectivity index (χ4v) is 5.42. The molecule has 0 saturated carbocycles. The lowest BCUT2D eigenvalue weighted by atomic mass is 10.3. The molecule has 0 aliphatic carbocycles. The van der Waals surface area contributed by atoms with Crippen LogP contribution < -0.4 is 10.6 Å². The third-order valence-electron chi connectivity index (χ3n) is 3.68. The standard InChI is InChI=1S/C14H26N4S2/c1-3-13(17-9-5-15-6-10-17)19-20-14(4-2)18-11-7-16-8-12-18/h3-4,13-16H,1-2,5-12H2. The van der Waals surface area contributed by atoms with E-state index in [-0.39, 0.29) is 0 Å². The molecule has 2 unspecified atom stereocenters. The molecular weight excluding hydrogens is 288 g/mol. The number of rotatable bonds is 7. The van der Waals surface area contributed by atoms with E-state index < -0.39 is 0 Å². The molecule has 0 radical (unpaired) electrons. The summed E-state index contributed by atoms with van der Waals surface area (Å²) >= 11 is 0. The van der Waals surface area contributed by atoms with Crippen LogP contribution in [0.3, 0.4) is 0 Å². The van der Waals surface area contributed by atoms with E-state index in [1.165, 1.54) is 0 Å². The summed E-state index contributed by atoms with van der Waals surface area (Å²) in [7, 11) is 3.84. The molecule has 2 fully saturated rings. The van der Waals surface area contributed by atoms with E-state index in [1.807, 2.05) is 21.6 Å². The zero-order valence-corrected chi connectivity index (χ0v) is 13.7. The summed E-state index contributed by atoms with van der Waals surface area (Å²) < 4.78 is 0. The van der Waals surface area contributed by atoms with Gasteiger partial charge >= 0.3 is 0 Å². The van der Waals surface area contributed by atoms with Crippen molar-refractivity contribution in [2.24, 2.45) is 0 Å². The van der Waals surface area contributed by atoms with Crippen molar-refractivity contribution in [2.75, 3.05) is 52.4 Å². The van der Waals surface area contributed by atoms with E-state index in [4.69, 9.17) is 0 Å². The molecule has 2 saturated heterocycles. The maximum atomic E-state index is 4.01. The van der Waals surface area contributed by atoms with Crippen molar-refractivity contribution in [1.82, 2.24) is 20.4 Å². The van der Waals surface area contributed by atoms with Crippen LogP contribution in [0.1, 0.15) is 0 Å². The topological polar surface area (TPSA) is 30.5 Å². The van der Waals surface area contributed by atoms with Gasteiger partial charge in [0.2, 0.25) is 0 Å². The Labute approximate surface area is 130 Å². The first kappa shape index (κ1) is 16.4. The molecule has 2 atom stereocenters. The highest BCUT2D eigenvalue weighted by atomic mass is 33.1. The first-order chi connectivity index (χ1) is 9.85. The monoisotopic (exact) mass is 314 g/mol. The molecule has 114 valence electrons. The largest absolute Gasteiger partial charge is 0.314 e. The molecule has 0 amide bonds. The van der Waals surface area contributed by atoms with E-state index in [2.05, 4.69) is 45.7 Å². The normalized spacial score (nSPS) is 25.0. The molecule has 2 aliphatic rings. The molecule has 2 N–H and O–H groups in total. The lowest BCUT2D eigenvalue weighted by Gasteiger charge is -2.35. The maximum Gasteiger partial charge on any atom is 0.0846 e. The minimum atomic E-state index is 0.396. The van der Waals surface area contributed by atoms with Crippen LogP contribution in [0.25, 0.3) is 0 Å². The molecule has 20 heavy (non-hydrogen) atoms. The maximum absolute atomic E-state index is 4.01. The summed E-state index contributed by atoms with van der Waals surface area (Å²) in [6, 6.07) is 0. The van der Waals surface area contributed by atoms with Gasteiger partial charge in [-0.1, -0.05) is 33.7 Å². The predicted molar refractivity (Wildman–Crippen MR) is 92.0 cm³/mol. The van der Waals surface area contributed by atoms with Gasteiger partial charge in [-0.3, -0.25) is 9.80 Å². The van der Waals surface area contributed by atoms with Gasteiger partial charge in [0, 0.05) is 52.4 Å². The van der Waals surface area contributed by atoms with Gasteiger partial charge in [-0.05, 0) is 0 Å². The van der Waals surface area contributed by atoms with Crippen molar-refractivity contribution < 1.29 is 0 Å². The van der Waals surface area contributed by atoms with Gasteiger partial charge in [0.15, 0.2) is 0 Å². The van der Waals surface area contributed by atoms with Gasteiger partial charge in [-0.2, -0.15) is 0 Å². The van der Waals surface area contributed by atoms with Crippen LogP contribution >= 0.6 is 21.6 Å². The smallest absolute Gasteiger partial charge is 0.0846 e. The highest BCUT2D eigenvalue weighted by Crippen LogP contribution is 2.35. The van der Waals surface area contributed by atoms with Gasteiger partial charge in [-0.25, -0.2) is 0 Å². The van der Waals surface area contributed by atoms with Crippen LogP contribution in [0.2, 0.25) is 0 Å². The fraction of sp³-hybridized carbons (Fsp3) is 0.714. The lowest BCUT2D eigenvalue weighted by molar-refractivity contribution is 0.247. The van der Waals surface area contributed by atoms with Crippen LogP contribution in [0.5, 0.6) is 0 Å². The molecule has 2 heterocycles. The van der Waals surface area contributed by atoms with E-state index in [0.29, 0.717) is 10.7 Å². The summed E-state index contributed by atoms with van der Waals surface area (Å²) in [5, 5.41) is 7.59. The van der Waals surface area contributed by atoms with Crippen LogP contribution in [-0.2, 0) is 0 Å². The Balaban J connectivity index is 1.80. The molecule has 0 aromatic heterocycles. The number of hydrogen-bond donors (Lipinski definition) is 2. The molecule has 2 rings (SSSR count). The third-order valence-corrected chi connectivity index (χ3v) is 6.68. The molecule has 0 spiro atoms. The minimum Gasteiger partial charge on any atom is -0.314 e. The summed E-state index contributed by atoms with van der Waals surface area (Å²) in [4.78, 5) is 5.00. The Hall–Kier alpha value is 0.0200. The van der Waals surface area contributed by atoms with Crippen LogP contribution in [-0.4, -0.2) is 72.9 Å². The first-order valence-electron chi connectivity index (χ1n) is 7.32. The van der Waals surface area contributed by atoms with Crippen LogP contribution in [0.15, 0.2) is 25.3 Å². The van der Waals surface area contributed by atoms with Gasteiger partial charge in [0.25, 0.3) is 0 Å². The van der Waals surface area contributed by atoms with E-state index >= 15 is 0 Å². The van der Waals surface area contributed by atoms with Crippen molar-refractivity contribution in [3.8, 4) is 0 Å². The zero-order chi connectivity index (χ0) is 14.2. The third kappa shape index (κ3) is 4.79. The van der Waals surface area contributed by atoms with Crippen molar-refractivity contribution in [3.05, 3.63) is 25.3 Å². The molecule has 0 aromatic rings. The number of nitrogens with one attached hydrogen (secondary N) is 2. The Morgan fingerprint density at radius 3 is 1.40 bits per heavy atom. The SMILES string of the molecule is C=CC(SSC(C=C)N1CCNCC1)N1CCNCC1. The van der Waals surface area contributed by atoms with Crippen molar-refractivity contribution in [3.63, 3.8) is 0 Å². The quantitative estimate of drug-likeness (QED) is 0.542. The first-order valence-corrected chi connectivity index (χ1v) is 9.59. The number of nitrogens with zero attached hydrogens (tertiary/aromatic N) is 2. The lowest BCUT2D eigenvalue weighted by Crippen LogP contribution is -2.47. The number of hydrogen-bond acceptors (Lipinski definition) is 6. The van der Waals surface area contributed by atoms with E-state index in [9.17, 15) is 0 Å². The average molecular weight is 315 g/mol. The highest BCUT2D eigenvalue weighted by molar-refractivity contribution is 8.77. The second-order valence-corrected chi connectivity index (χ2v) is 7.52. The second kappa shape index (κ2) is 9.12. The summed E-state index contributed by atoms with van der Waals surface area (Å²) in [5.74, 6) is 0. The zero-order valence-electron chi connectivity index (χ0n) is 12.1. The van der Waals surface area contributed by atoms with Gasteiger partial charge in [0.1, 0.15) is 0 Å². The molecule has 0 aromatic carbocycles. The van der Waals surface area contributed by atoms with Crippen molar-refractivity contribution in [2.45, 2.75) is 10.7 Å². The van der Waals surface area contributed by atoms with Gasteiger partial charge in [-0.15, -0.1) is 13.2 Å². The van der Waals surface area contributed by atoms with E-state index in [1.54, 1.807) is 0 Å². The fourth-order valence-electron chi connectivity index (χ4n) is 2.49. The Morgan fingerprint density at radius 2 is 1.10 bits per heavy atom. The molecule has 6 heteroatoms. The Kier molecular flexibility index (Phi) is 7.48. The Morgan fingerprint density at radius 1 is 0.750 bits per heavy atom. The van der Waals surface area contributed by atoms with Gasteiger partial charge < -0.3 is 10.6 Å². The van der Waals surface area contributed by atoms with Gasteiger partial charge in [0.05, 0.1) is 10.7 Å². The van der Waals surface area contributed by atoms with Crippen LogP contribution in [0, 0.1) is 0 Å². The van der Waals surface area contributed by atoms with Crippen LogP contribution in [0.4, 0.5) is 0 Å². The predicted octanol–water partition coefficient (Wildman–Crippen LogP) is 1.20. The molecule has 4 nitrogen and oxygen atoms in total. The summed E-state index contributed by atoms with van der Waals surface area (Å²) in [6.45, 7) is 16.8. The second-order valence-electron chi connectivity index (χ2n) is 5.02. The Bertz CT molecular complexity index is 272. The molecular formula is C14H26N4S2. The number of piperazine rings is 2. The average Bonchev–Trinajstić information content (AvgIpc) is 2.53. The van der Waals surface area contributed by atoms with E-state index in [0.717, 1.165) is 52.4 Å². The highest BCUT2D eigenvalue weighted by Gasteiger charge is 2.23. The van der Waals surface area contributed by atoms with Crippen molar-refractivity contribution in [1.29, 1.82) is 0 Å². The summed E-state index contributed by atoms with van der Waals surface area (Å²) in [6.07, 6.45) is 4.14. The minimum absolute atomic E-state index is 0.396. The molecule has 2 aliphatic heterocycles. The summed E-state index contributed by atoms with van der Waals surface area (Å²) in [5.41, 5.74) is 0. The van der Waals surface area contributed by atoms with Crippen molar-refractivity contribution >= 4 is 21.6 Å². The molecule has 0 bridgehead atoms.